The number of hydrogen-bond acceptors (Lipinski definition) is 16. The normalized spacial score (nSPS) is 33.8. The summed E-state index contributed by atoms with van der Waals surface area (Å²) in [6.07, 6.45) is -13.9. The van der Waals surface area contributed by atoms with Gasteiger partial charge in [0.15, 0.2) is 34.2 Å². The van der Waals surface area contributed by atoms with Crippen LogP contribution in [-0.2, 0) is 28.7 Å². The Morgan fingerprint density at radius 2 is 1.16 bits per heavy atom. The standard InChI is InChI=1S/C32H34O18/c33-15-2-1-11(4-16(15)34)23-13-6-18(36)17(35)5-12(13)3-14(27(41)49-21-9-31(47,29(43)44)7-19(37)25(21)39)24(23)28(42)50-22-10-32(48,30(45)46)8-20(38)26(22)40/h1-6,19-26,33-40,47-48H,7-10H2,(H,43,44)(H,45,46)/t19-,20-,21-,22-,23-,24-,25-,26-,31+,32+/m1/s1. The molecule has 270 valence electrons. The van der Waals surface area contributed by atoms with E-state index in [4.69, 9.17) is 9.47 Å². The number of aliphatic hydroxyl groups is 6. The van der Waals surface area contributed by atoms with Crippen LogP contribution in [0.15, 0.2) is 35.9 Å². The smallest absolute Gasteiger partial charge is 0.335 e. The van der Waals surface area contributed by atoms with Crippen molar-refractivity contribution in [3.8, 4) is 23.0 Å². The van der Waals surface area contributed by atoms with Crippen molar-refractivity contribution < 1.29 is 89.9 Å². The van der Waals surface area contributed by atoms with Crippen LogP contribution in [0, 0.1) is 5.92 Å². The Morgan fingerprint density at radius 1 is 0.660 bits per heavy atom. The summed E-state index contributed by atoms with van der Waals surface area (Å²) in [5, 5.41) is 123. The van der Waals surface area contributed by atoms with Gasteiger partial charge in [-0.1, -0.05) is 6.07 Å². The van der Waals surface area contributed by atoms with E-state index in [1.165, 1.54) is 6.07 Å². The number of phenols is 4. The number of ether oxygens (including phenoxy) is 2. The second kappa shape index (κ2) is 13.0. The molecule has 5 rings (SSSR count). The Kier molecular flexibility index (Phi) is 9.47. The van der Waals surface area contributed by atoms with Gasteiger partial charge in [-0.3, -0.25) is 4.79 Å². The maximum absolute atomic E-state index is 14.2. The van der Waals surface area contributed by atoms with Gasteiger partial charge in [-0.15, -0.1) is 0 Å². The van der Waals surface area contributed by atoms with Gasteiger partial charge in [0.25, 0.3) is 0 Å². The highest BCUT2D eigenvalue weighted by Crippen LogP contribution is 2.48. The van der Waals surface area contributed by atoms with Crippen LogP contribution in [-0.4, -0.2) is 133 Å². The van der Waals surface area contributed by atoms with Crippen LogP contribution in [0.2, 0.25) is 0 Å². The monoisotopic (exact) mass is 706 g/mol. The molecular weight excluding hydrogens is 672 g/mol. The number of carboxylic acids is 2. The minimum absolute atomic E-state index is 0.00327. The van der Waals surface area contributed by atoms with Crippen molar-refractivity contribution >= 4 is 30.0 Å². The van der Waals surface area contributed by atoms with E-state index in [1.54, 1.807) is 0 Å². The molecule has 2 saturated carbocycles. The number of carbonyl (C=O) groups excluding carboxylic acids is 2. The first-order valence-electron chi connectivity index (χ1n) is 15.1. The van der Waals surface area contributed by atoms with Crippen LogP contribution in [0.1, 0.15) is 48.3 Å². The van der Waals surface area contributed by atoms with E-state index < -0.39 is 138 Å². The summed E-state index contributed by atoms with van der Waals surface area (Å²) >= 11 is 0. The molecule has 3 aliphatic carbocycles. The average molecular weight is 707 g/mol. The zero-order valence-corrected chi connectivity index (χ0v) is 25.7. The summed E-state index contributed by atoms with van der Waals surface area (Å²) < 4.78 is 10.8. The van der Waals surface area contributed by atoms with Gasteiger partial charge in [0.1, 0.15) is 24.4 Å². The van der Waals surface area contributed by atoms with E-state index in [2.05, 4.69) is 0 Å². The summed E-state index contributed by atoms with van der Waals surface area (Å²) in [4.78, 5) is 51.7. The molecule has 0 unspecified atom stereocenters. The number of carboxylic acid groups (broad SMARTS) is 2. The fourth-order valence-corrected chi connectivity index (χ4v) is 6.68. The Bertz CT molecular complexity index is 1750. The van der Waals surface area contributed by atoms with Crippen LogP contribution in [0.5, 0.6) is 23.0 Å². The quantitative estimate of drug-likeness (QED) is 0.111. The maximum atomic E-state index is 14.2. The van der Waals surface area contributed by atoms with E-state index in [0.29, 0.717) is 0 Å². The van der Waals surface area contributed by atoms with Crippen molar-refractivity contribution in [1.82, 2.24) is 0 Å². The largest absolute Gasteiger partial charge is 0.504 e. The highest BCUT2D eigenvalue weighted by molar-refractivity contribution is 6.02. The molecule has 50 heavy (non-hydrogen) atoms. The Labute approximate surface area is 280 Å². The lowest BCUT2D eigenvalue weighted by molar-refractivity contribution is -0.201. The highest BCUT2D eigenvalue weighted by atomic mass is 16.6. The SMILES string of the molecule is O=C(O[C@@H]1C[C@](O)(C(=O)O)C[C@@H](O)[C@H]1O)C1=Cc2cc(O)c(O)cc2[C@@H](c2ccc(O)c(O)c2)[C@@H]1C(=O)O[C@@H]1C[C@](O)(C(=O)O)C[C@@H](O)[C@H]1O. The van der Waals surface area contributed by atoms with Gasteiger partial charge in [-0.2, -0.15) is 0 Å². The van der Waals surface area contributed by atoms with Gasteiger partial charge in [0, 0.05) is 31.6 Å². The highest BCUT2D eigenvalue weighted by Gasteiger charge is 2.54. The summed E-state index contributed by atoms with van der Waals surface area (Å²) in [6, 6.07) is 5.21. The molecule has 12 N–H and O–H groups in total. The van der Waals surface area contributed by atoms with Crippen LogP contribution in [0.4, 0.5) is 0 Å². The number of benzene rings is 2. The van der Waals surface area contributed by atoms with E-state index >= 15 is 0 Å². The average Bonchev–Trinajstić information content (AvgIpc) is 3.03. The molecule has 0 amide bonds. The Morgan fingerprint density at radius 3 is 1.68 bits per heavy atom. The minimum Gasteiger partial charge on any atom is -0.504 e. The molecule has 2 aromatic carbocycles. The maximum Gasteiger partial charge on any atom is 0.335 e. The number of fused-ring (bicyclic) bond motifs is 1. The number of aromatic hydroxyl groups is 4. The van der Waals surface area contributed by atoms with Crippen molar-refractivity contribution in [2.24, 2.45) is 5.92 Å². The Hall–Kier alpha value is -4.98. The number of aliphatic hydroxyl groups excluding tert-OH is 4. The lowest BCUT2D eigenvalue weighted by atomic mass is 9.71. The molecule has 10 atom stereocenters. The zero-order valence-electron chi connectivity index (χ0n) is 25.7. The first-order chi connectivity index (χ1) is 23.3. The number of aliphatic carboxylic acids is 2. The third kappa shape index (κ3) is 6.51. The number of phenolic OH excluding ortho intramolecular Hbond substituents is 4. The molecule has 0 saturated heterocycles. The molecule has 0 heterocycles. The summed E-state index contributed by atoms with van der Waals surface area (Å²) in [5.41, 5.74) is -6.03. The topological polar surface area (TPSA) is 330 Å². The minimum atomic E-state index is -2.66. The van der Waals surface area contributed by atoms with Crippen molar-refractivity contribution in [2.75, 3.05) is 0 Å². The van der Waals surface area contributed by atoms with Crippen LogP contribution in [0.25, 0.3) is 6.08 Å². The summed E-state index contributed by atoms with van der Waals surface area (Å²) in [6.45, 7) is 0. The molecule has 0 radical (unpaired) electrons. The van der Waals surface area contributed by atoms with Gasteiger partial charge >= 0.3 is 23.9 Å². The lowest BCUT2D eigenvalue weighted by Gasteiger charge is -2.41. The second-order valence-electron chi connectivity index (χ2n) is 12.8. The fraction of sp³-hybridized carbons (Fsp3) is 0.438. The van der Waals surface area contributed by atoms with Crippen molar-refractivity contribution in [3.05, 3.63) is 52.6 Å². The van der Waals surface area contributed by atoms with E-state index in [9.17, 15) is 80.5 Å². The number of hydrogen-bond donors (Lipinski definition) is 12. The van der Waals surface area contributed by atoms with Crippen molar-refractivity contribution in [1.29, 1.82) is 0 Å². The summed E-state index contributed by atoms with van der Waals surface area (Å²) in [5.74, 6) is -12.6. The third-order valence-corrected chi connectivity index (χ3v) is 9.39. The molecule has 3 aliphatic rings. The molecule has 18 nitrogen and oxygen atoms in total. The molecule has 2 aromatic rings. The van der Waals surface area contributed by atoms with Crippen molar-refractivity contribution in [3.63, 3.8) is 0 Å². The third-order valence-electron chi connectivity index (χ3n) is 9.39. The van der Waals surface area contributed by atoms with Gasteiger partial charge in [-0.05, 0) is 47.0 Å². The predicted octanol–water partition coefficient (Wildman–Crippen LogP) is -1.86. The van der Waals surface area contributed by atoms with Crippen LogP contribution >= 0.6 is 0 Å². The predicted molar refractivity (Wildman–Crippen MR) is 160 cm³/mol. The van der Waals surface area contributed by atoms with Crippen LogP contribution in [0.3, 0.4) is 0 Å². The van der Waals surface area contributed by atoms with Gasteiger partial charge < -0.3 is 70.8 Å². The molecule has 0 aliphatic heterocycles. The number of rotatable bonds is 7. The summed E-state index contributed by atoms with van der Waals surface area (Å²) in [7, 11) is 0. The molecule has 2 fully saturated rings. The molecule has 0 spiro atoms. The number of esters is 2. The van der Waals surface area contributed by atoms with Gasteiger partial charge in [0.2, 0.25) is 0 Å². The number of carbonyl (C=O) groups is 4. The van der Waals surface area contributed by atoms with E-state index in [1.807, 2.05) is 0 Å². The van der Waals surface area contributed by atoms with Gasteiger partial charge in [0.05, 0.1) is 23.7 Å². The zero-order chi connectivity index (χ0) is 37.0. The molecule has 18 heteroatoms. The fourth-order valence-electron chi connectivity index (χ4n) is 6.68. The Balaban J connectivity index is 1.63. The molecule has 0 aromatic heterocycles. The molecular formula is C32H34O18. The van der Waals surface area contributed by atoms with E-state index in [-0.39, 0.29) is 16.7 Å². The van der Waals surface area contributed by atoms with Gasteiger partial charge in [-0.25, -0.2) is 14.4 Å². The first-order valence-corrected chi connectivity index (χ1v) is 15.1. The van der Waals surface area contributed by atoms with Crippen LogP contribution < -0.4 is 0 Å². The lowest BCUT2D eigenvalue weighted by Crippen LogP contribution is -2.57. The van der Waals surface area contributed by atoms with E-state index in [0.717, 1.165) is 30.3 Å². The molecule has 0 bridgehead atoms. The first kappa shape index (κ1) is 36.3. The second-order valence-corrected chi connectivity index (χ2v) is 12.8. The van der Waals surface area contributed by atoms with Crippen molar-refractivity contribution in [2.45, 2.75) is 79.4 Å².